The van der Waals surface area contributed by atoms with Crippen molar-refractivity contribution in [2.75, 3.05) is 6.54 Å². The maximum absolute atomic E-state index is 9.92. The molecule has 0 aliphatic heterocycles. The summed E-state index contributed by atoms with van der Waals surface area (Å²) in [4.78, 5) is 9.11. The van der Waals surface area contributed by atoms with Gasteiger partial charge in [-0.15, -0.1) is 0 Å². The first-order valence-corrected chi connectivity index (χ1v) is 8.85. The molecule has 1 atom stereocenters. The third-order valence-corrected chi connectivity index (χ3v) is 4.16. The highest BCUT2D eigenvalue weighted by Gasteiger charge is 2.07. The number of nitrogens with zero attached hydrogens (tertiary/aromatic N) is 2. The number of aliphatic imine (C=N–C) groups is 2. The van der Waals surface area contributed by atoms with Gasteiger partial charge in [-0.3, -0.25) is 9.98 Å². The second kappa shape index (κ2) is 9.34. The Balaban J connectivity index is 1.75. The molecule has 0 aromatic heterocycles. The molecule has 0 amide bonds. The van der Waals surface area contributed by atoms with Crippen LogP contribution in [0.15, 0.2) is 88.8 Å². The minimum atomic E-state index is -0.0749. The summed E-state index contributed by atoms with van der Waals surface area (Å²) >= 11 is 0. The standard InChI is InChI=1S/C23H22N2O2/c26-22-12-6-4-10-19(22)15-24-17-21(14-18-8-2-1-3-9-18)25-16-20-11-5-7-13-23(20)27/h1-13,15-16,21,26-27H,14,17H2/t21-/m0/s1. The number of para-hydroxylation sites is 2. The Morgan fingerprint density at radius 1 is 0.704 bits per heavy atom. The molecule has 4 heteroatoms. The monoisotopic (exact) mass is 358 g/mol. The molecule has 3 aromatic rings. The summed E-state index contributed by atoms with van der Waals surface area (Å²) in [5.74, 6) is 0.413. The lowest BCUT2D eigenvalue weighted by Gasteiger charge is -2.10. The van der Waals surface area contributed by atoms with Crippen LogP contribution in [0.4, 0.5) is 0 Å². The maximum Gasteiger partial charge on any atom is 0.124 e. The zero-order chi connectivity index (χ0) is 18.9. The van der Waals surface area contributed by atoms with E-state index in [-0.39, 0.29) is 17.5 Å². The smallest absolute Gasteiger partial charge is 0.124 e. The molecule has 0 aliphatic rings. The number of aromatic hydroxyl groups is 2. The van der Waals surface area contributed by atoms with Gasteiger partial charge in [0.15, 0.2) is 0 Å². The van der Waals surface area contributed by atoms with Crippen LogP contribution in [0.25, 0.3) is 0 Å². The van der Waals surface area contributed by atoms with Gasteiger partial charge in [0.05, 0.1) is 12.6 Å². The third-order valence-electron chi connectivity index (χ3n) is 4.16. The van der Waals surface area contributed by atoms with E-state index in [1.165, 1.54) is 5.56 Å². The lowest BCUT2D eigenvalue weighted by molar-refractivity contribution is 0.474. The van der Waals surface area contributed by atoms with Crippen LogP contribution in [-0.4, -0.2) is 35.2 Å². The molecule has 3 rings (SSSR count). The molecule has 0 heterocycles. The molecule has 0 aliphatic carbocycles. The Morgan fingerprint density at radius 2 is 1.26 bits per heavy atom. The Hall–Kier alpha value is -3.40. The van der Waals surface area contributed by atoms with Crippen LogP contribution in [0.5, 0.6) is 11.5 Å². The molecule has 0 radical (unpaired) electrons. The minimum absolute atomic E-state index is 0.0749. The summed E-state index contributed by atoms with van der Waals surface area (Å²) < 4.78 is 0. The summed E-state index contributed by atoms with van der Waals surface area (Å²) in [5.41, 5.74) is 2.54. The van der Waals surface area contributed by atoms with E-state index in [9.17, 15) is 10.2 Å². The van der Waals surface area contributed by atoms with Crippen molar-refractivity contribution in [2.24, 2.45) is 9.98 Å². The van der Waals surface area contributed by atoms with Crippen LogP contribution in [0.2, 0.25) is 0 Å². The van der Waals surface area contributed by atoms with Crippen LogP contribution in [0, 0.1) is 0 Å². The molecule has 4 nitrogen and oxygen atoms in total. The summed E-state index contributed by atoms with van der Waals surface area (Å²) in [7, 11) is 0. The van der Waals surface area contributed by atoms with Gasteiger partial charge in [0.2, 0.25) is 0 Å². The Bertz CT molecular complexity index is 920. The molecular weight excluding hydrogens is 336 g/mol. The minimum Gasteiger partial charge on any atom is -0.507 e. The lowest BCUT2D eigenvalue weighted by Crippen LogP contribution is -2.13. The molecule has 3 aromatic carbocycles. The fourth-order valence-corrected chi connectivity index (χ4v) is 2.70. The Labute approximate surface area is 159 Å². The molecule has 0 saturated carbocycles. The fraction of sp³-hybridized carbons (Fsp3) is 0.130. The zero-order valence-corrected chi connectivity index (χ0v) is 14.9. The molecular formula is C23H22N2O2. The molecule has 0 spiro atoms. The van der Waals surface area contributed by atoms with Gasteiger partial charge in [0, 0.05) is 23.6 Å². The van der Waals surface area contributed by atoms with Crippen molar-refractivity contribution in [3.63, 3.8) is 0 Å². The van der Waals surface area contributed by atoms with Gasteiger partial charge in [-0.2, -0.15) is 0 Å². The SMILES string of the molecule is Oc1ccccc1C=NC[C@H](Cc1ccccc1)N=Cc1ccccc1O. The van der Waals surface area contributed by atoms with E-state index in [0.29, 0.717) is 17.7 Å². The maximum atomic E-state index is 9.92. The summed E-state index contributed by atoms with van der Waals surface area (Å²) in [6.07, 6.45) is 4.10. The summed E-state index contributed by atoms with van der Waals surface area (Å²) in [6, 6.07) is 24.3. The highest BCUT2D eigenvalue weighted by atomic mass is 16.3. The van der Waals surface area contributed by atoms with E-state index in [4.69, 9.17) is 0 Å². The summed E-state index contributed by atoms with van der Waals surface area (Å²) in [6.45, 7) is 0.479. The van der Waals surface area contributed by atoms with E-state index in [0.717, 1.165) is 6.42 Å². The second-order valence-electron chi connectivity index (χ2n) is 6.23. The van der Waals surface area contributed by atoms with Crippen LogP contribution in [0.3, 0.4) is 0 Å². The van der Waals surface area contributed by atoms with Gasteiger partial charge >= 0.3 is 0 Å². The van der Waals surface area contributed by atoms with Crippen LogP contribution >= 0.6 is 0 Å². The number of rotatable bonds is 7. The number of hydrogen-bond donors (Lipinski definition) is 2. The molecule has 136 valence electrons. The van der Waals surface area contributed by atoms with Gasteiger partial charge in [0.1, 0.15) is 11.5 Å². The first-order chi connectivity index (χ1) is 13.2. The van der Waals surface area contributed by atoms with Crippen molar-refractivity contribution in [1.82, 2.24) is 0 Å². The molecule has 27 heavy (non-hydrogen) atoms. The fourth-order valence-electron chi connectivity index (χ4n) is 2.70. The molecule has 2 N–H and O–H groups in total. The van der Waals surface area contributed by atoms with E-state index >= 15 is 0 Å². The third kappa shape index (κ3) is 5.54. The van der Waals surface area contributed by atoms with Crippen molar-refractivity contribution in [3.05, 3.63) is 95.6 Å². The summed E-state index contributed by atoms with van der Waals surface area (Å²) in [5, 5.41) is 19.8. The molecule has 0 fully saturated rings. The number of hydrogen-bond acceptors (Lipinski definition) is 4. The van der Waals surface area contributed by atoms with E-state index in [2.05, 4.69) is 22.1 Å². The first kappa shape index (κ1) is 18.4. The highest BCUT2D eigenvalue weighted by Crippen LogP contribution is 2.15. The van der Waals surface area contributed by atoms with Gasteiger partial charge in [-0.25, -0.2) is 0 Å². The van der Waals surface area contributed by atoms with Crippen molar-refractivity contribution in [1.29, 1.82) is 0 Å². The lowest BCUT2D eigenvalue weighted by atomic mass is 10.1. The number of phenols is 2. The highest BCUT2D eigenvalue weighted by molar-refractivity contribution is 5.84. The van der Waals surface area contributed by atoms with Crippen LogP contribution < -0.4 is 0 Å². The molecule has 0 saturated heterocycles. The van der Waals surface area contributed by atoms with Crippen molar-refractivity contribution in [3.8, 4) is 11.5 Å². The topological polar surface area (TPSA) is 65.2 Å². The van der Waals surface area contributed by atoms with Crippen molar-refractivity contribution in [2.45, 2.75) is 12.5 Å². The predicted molar refractivity (Wildman–Crippen MR) is 110 cm³/mol. The van der Waals surface area contributed by atoms with E-state index in [1.54, 1.807) is 36.7 Å². The molecule has 0 unspecified atom stereocenters. The quantitative estimate of drug-likeness (QED) is 0.620. The van der Waals surface area contributed by atoms with Gasteiger partial charge in [-0.05, 0) is 36.2 Å². The Morgan fingerprint density at radius 3 is 1.89 bits per heavy atom. The van der Waals surface area contributed by atoms with Crippen molar-refractivity contribution >= 4 is 12.4 Å². The van der Waals surface area contributed by atoms with Gasteiger partial charge < -0.3 is 10.2 Å². The zero-order valence-electron chi connectivity index (χ0n) is 14.9. The number of benzene rings is 3. The van der Waals surface area contributed by atoms with E-state index in [1.807, 2.05) is 42.5 Å². The van der Waals surface area contributed by atoms with E-state index < -0.39 is 0 Å². The first-order valence-electron chi connectivity index (χ1n) is 8.85. The average molecular weight is 358 g/mol. The number of phenolic OH excluding ortho intramolecular Hbond substituents is 2. The average Bonchev–Trinajstić information content (AvgIpc) is 2.69. The normalized spacial score (nSPS) is 12.6. The van der Waals surface area contributed by atoms with Gasteiger partial charge in [-0.1, -0.05) is 54.6 Å². The van der Waals surface area contributed by atoms with Gasteiger partial charge in [0.25, 0.3) is 0 Å². The second-order valence-corrected chi connectivity index (χ2v) is 6.23. The largest absolute Gasteiger partial charge is 0.507 e. The Kier molecular flexibility index (Phi) is 6.36. The molecule has 0 bridgehead atoms. The predicted octanol–water partition coefficient (Wildman–Crippen LogP) is 4.25. The van der Waals surface area contributed by atoms with Crippen LogP contribution in [-0.2, 0) is 6.42 Å². The van der Waals surface area contributed by atoms with Crippen LogP contribution in [0.1, 0.15) is 16.7 Å². The van der Waals surface area contributed by atoms with Crippen molar-refractivity contribution < 1.29 is 10.2 Å².